The average Bonchev–Trinajstić information content (AvgIpc) is 2.82. The summed E-state index contributed by atoms with van der Waals surface area (Å²) in [5, 5.41) is 2.92. The first-order chi connectivity index (χ1) is 16.6. The Morgan fingerprint density at radius 3 is 2.11 bits per heavy atom. The summed E-state index contributed by atoms with van der Waals surface area (Å²) in [7, 11) is -1.93. The fraction of sp³-hybridized carbons (Fsp3) is 0.296. The Labute approximate surface area is 207 Å². The number of anilines is 1. The van der Waals surface area contributed by atoms with Crippen LogP contribution in [0.4, 0.5) is 5.69 Å². The van der Waals surface area contributed by atoms with Crippen molar-refractivity contribution in [3.63, 3.8) is 0 Å². The van der Waals surface area contributed by atoms with Crippen LogP contribution < -0.4 is 19.1 Å². The van der Waals surface area contributed by atoms with Crippen molar-refractivity contribution in [2.24, 2.45) is 0 Å². The van der Waals surface area contributed by atoms with Crippen LogP contribution in [0.15, 0.2) is 66.7 Å². The zero-order valence-electron chi connectivity index (χ0n) is 20.7. The van der Waals surface area contributed by atoms with Gasteiger partial charge in [-0.15, -0.1) is 0 Å². The highest BCUT2D eigenvalue weighted by Gasteiger charge is 2.21. The van der Waals surface area contributed by atoms with Crippen molar-refractivity contribution >= 4 is 21.6 Å². The highest BCUT2D eigenvalue weighted by atomic mass is 32.2. The number of amides is 1. The maximum atomic E-state index is 12.7. The second-order valence-corrected chi connectivity index (χ2v) is 10.5. The number of aryl methyl sites for hydroxylation is 2. The molecule has 0 saturated heterocycles. The van der Waals surface area contributed by atoms with Crippen LogP contribution in [0.5, 0.6) is 11.5 Å². The second kappa shape index (κ2) is 11.3. The molecule has 186 valence electrons. The zero-order valence-corrected chi connectivity index (χ0v) is 21.6. The van der Waals surface area contributed by atoms with Crippen molar-refractivity contribution in [3.8, 4) is 11.5 Å². The summed E-state index contributed by atoms with van der Waals surface area (Å²) in [4.78, 5) is 12.7. The maximum absolute atomic E-state index is 12.7. The van der Waals surface area contributed by atoms with Crippen LogP contribution in [-0.4, -0.2) is 40.3 Å². The number of nitrogens with zero attached hydrogens (tertiary/aromatic N) is 1. The SMILES string of the molecule is COc1ccccc1OC[C@H](C)NC(=O)c1ccc(CN(c2c(C)cccc2C)S(C)(=O)=O)cc1. The van der Waals surface area contributed by atoms with Crippen molar-refractivity contribution in [3.05, 3.63) is 89.0 Å². The van der Waals surface area contributed by atoms with Crippen molar-refractivity contribution in [1.29, 1.82) is 0 Å². The van der Waals surface area contributed by atoms with Gasteiger partial charge in [0, 0.05) is 5.56 Å². The normalized spacial score (nSPS) is 12.0. The lowest BCUT2D eigenvalue weighted by atomic mass is 10.1. The number of para-hydroxylation sites is 3. The van der Waals surface area contributed by atoms with Gasteiger partial charge in [-0.1, -0.05) is 42.5 Å². The lowest BCUT2D eigenvalue weighted by Gasteiger charge is -2.26. The number of carbonyl (C=O) groups excluding carboxylic acids is 1. The minimum atomic E-state index is -3.51. The number of ether oxygens (including phenoxy) is 2. The summed E-state index contributed by atoms with van der Waals surface area (Å²) in [6.45, 7) is 6.11. The maximum Gasteiger partial charge on any atom is 0.251 e. The highest BCUT2D eigenvalue weighted by molar-refractivity contribution is 7.92. The minimum Gasteiger partial charge on any atom is -0.493 e. The number of sulfonamides is 1. The molecule has 1 atom stereocenters. The van der Waals surface area contributed by atoms with E-state index in [9.17, 15) is 13.2 Å². The Morgan fingerprint density at radius 2 is 1.54 bits per heavy atom. The van der Waals surface area contributed by atoms with Crippen molar-refractivity contribution in [2.45, 2.75) is 33.4 Å². The predicted octanol–water partition coefficient (Wildman–Crippen LogP) is 4.48. The third-order valence-electron chi connectivity index (χ3n) is 5.57. The quantitative estimate of drug-likeness (QED) is 0.448. The standard InChI is InChI=1S/C27H32N2O5S/c1-19-9-8-10-20(2)26(19)29(35(5,31)32)17-22-13-15-23(16-14-22)27(30)28-21(3)18-34-25-12-7-6-11-24(25)33-4/h6-16,21H,17-18H2,1-5H3,(H,28,30)/t21-/m0/s1. The summed E-state index contributed by atoms with van der Waals surface area (Å²) in [5.74, 6) is 1.01. The van der Waals surface area contributed by atoms with Gasteiger partial charge in [0.05, 0.1) is 31.6 Å². The van der Waals surface area contributed by atoms with E-state index in [1.165, 1.54) is 10.6 Å². The molecule has 0 aliphatic rings. The van der Waals surface area contributed by atoms with Crippen LogP contribution in [-0.2, 0) is 16.6 Å². The molecule has 0 spiro atoms. The van der Waals surface area contributed by atoms with Gasteiger partial charge in [-0.25, -0.2) is 8.42 Å². The van der Waals surface area contributed by atoms with E-state index in [0.29, 0.717) is 22.7 Å². The van der Waals surface area contributed by atoms with Crippen molar-refractivity contribution < 1.29 is 22.7 Å². The van der Waals surface area contributed by atoms with Gasteiger partial charge in [0.15, 0.2) is 11.5 Å². The van der Waals surface area contributed by atoms with Gasteiger partial charge in [0.2, 0.25) is 10.0 Å². The molecule has 0 aliphatic heterocycles. The lowest BCUT2D eigenvalue weighted by Crippen LogP contribution is -2.36. The Morgan fingerprint density at radius 1 is 0.943 bits per heavy atom. The van der Waals surface area contributed by atoms with Gasteiger partial charge in [-0.05, 0) is 61.7 Å². The molecule has 8 heteroatoms. The summed E-state index contributed by atoms with van der Waals surface area (Å²) < 4.78 is 37.6. The number of nitrogens with one attached hydrogen (secondary N) is 1. The molecule has 0 radical (unpaired) electrons. The third kappa shape index (κ3) is 6.76. The van der Waals surface area contributed by atoms with Crippen LogP contribution in [0.3, 0.4) is 0 Å². The van der Waals surface area contributed by atoms with Crippen LogP contribution in [0.2, 0.25) is 0 Å². The molecule has 0 heterocycles. The van der Waals surface area contributed by atoms with Gasteiger partial charge >= 0.3 is 0 Å². The molecule has 0 saturated carbocycles. The summed E-state index contributed by atoms with van der Waals surface area (Å²) in [5.41, 5.74) is 3.71. The molecule has 3 aromatic carbocycles. The molecule has 3 rings (SSSR count). The van der Waals surface area contributed by atoms with Crippen LogP contribution >= 0.6 is 0 Å². The Balaban J connectivity index is 1.66. The highest BCUT2D eigenvalue weighted by Crippen LogP contribution is 2.28. The van der Waals surface area contributed by atoms with E-state index in [4.69, 9.17) is 9.47 Å². The first-order valence-corrected chi connectivity index (χ1v) is 13.1. The number of benzene rings is 3. The summed E-state index contributed by atoms with van der Waals surface area (Å²) >= 11 is 0. The number of hydrogen-bond acceptors (Lipinski definition) is 5. The van der Waals surface area contributed by atoms with E-state index < -0.39 is 10.0 Å². The monoisotopic (exact) mass is 496 g/mol. The third-order valence-corrected chi connectivity index (χ3v) is 6.68. The molecule has 0 aliphatic carbocycles. The van der Waals surface area contributed by atoms with Crippen LogP contribution in [0.1, 0.15) is 34.0 Å². The molecular formula is C27H32N2O5S. The van der Waals surface area contributed by atoms with Gasteiger partial charge < -0.3 is 14.8 Å². The summed E-state index contributed by atoms with van der Waals surface area (Å²) in [6.07, 6.45) is 1.20. The van der Waals surface area contributed by atoms with Gasteiger partial charge in [0.25, 0.3) is 5.91 Å². The van der Waals surface area contributed by atoms with Gasteiger partial charge in [-0.2, -0.15) is 0 Å². The smallest absolute Gasteiger partial charge is 0.251 e. The molecule has 35 heavy (non-hydrogen) atoms. The zero-order chi connectivity index (χ0) is 25.6. The van der Waals surface area contributed by atoms with Crippen molar-refractivity contribution in [2.75, 3.05) is 24.3 Å². The van der Waals surface area contributed by atoms with Crippen LogP contribution in [0, 0.1) is 13.8 Å². The second-order valence-electron chi connectivity index (χ2n) is 8.54. The molecule has 3 aromatic rings. The number of hydrogen-bond donors (Lipinski definition) is 1. The molecule has 7 nitrogen and oxygen atoms in total. The molecule has 1 N–H and O–H groups in total. The minimum absolute atomic E-state index is 0.176. The Bertz CT molecular complexity index is 1250. The number of carbonyl (C=O) groups is 1. The molecular weight excluding hydrogens is 464 g/mol. The van der Waals surface area contributed by atoms with E-state index in [2.05, 4.69) is 5.32 Å². The molecule has 0 bridgehead atoms. The summed E-state index contributed by atoms with van der Waals surface area (Å²) in [6, 6.07) is 19.7. The van der Waals surface area contributed by atoms with E-state index >= 15 is 0 Å². The molecule has 0 aromatic heterocycles. The van der Waals surface area contributed by atoms with E-state index in [-0.39, 0.29) is 25.1 Å². The van der Waals surface area contributed by atoms with E-state index in [0.717, 1.165) is 16.7 Å². The van der Waals surface area contributed by atoms with Crippen molar-refractivity contribution in [1.82, 2.24) is 5.32 Å². The largest absolute Gasteiger partial charge is 0.493 e. The number of rotatable bonds is 10. The first kappa shape index (κ1) is 26.1. The predicted molar refractivity (Wildman–Crippen MR) is 139 cm³/mol. The molecule has 0 fully saturated rings. The van der Waals surface area contributed by atoms with Crippen LogP contribution in [0.25, 0.3) is 0 Å². The Hall–Kier alpha value is -3.52. The lowest BCUT2D eigenvalue weighted by molar-refractivity contribution is 0.0926. The van der Waals surface area contributed by atoms with Gasteiger partial charge in [0.1, 0.15) is 6.61 Å². The number of methoxy groups -OCH3 is 1. The van der Waals surface area contributed by atoms with E-state index in [1.807, 2.05) is 63.2 Å². The fourth-order valence-corrected chi connectivity index (χ4v) is 4.79. The topological polar surface area (TPSA) is 84.9 Å². The average molecular weight is 497 g/mol. The van der Waals surface area contributed by atoms with Gasteiger partial charge in [-0.3, -0.25) is 9.10 Å². The Kier molecular flexibility index (Phi) is 8.40. The van der Waals surface area contributed by atoms with E-state index in [1.54, 1.807) is 31.4 Å². The molecule has 1 amide bonds. The molecule has 0 unspecified atom stereocenters. The first-order valence-electron chi connectivity index (χ1n) is 11.3. The fourth-order valence-electron chi connectivity index (χ4n) is 3.79.